The lowest BCUT2D eigenvalue weighted by molar-refractivity contribution is 0.219. The van der Waals surface area contributed by atoms with Crippen molar-refractivity contribution in [2.75, 3.05) is 38.8 Å². The van der Waals surface area contributed by atoms with Crippen molar-refractivity contribution in [1.29, 1.82) is 0 Å². The van der Waals surface area contributed by atoms with Crippen LogP contribution in [0.5, 0.6) is 0 Å². The molecule has 0 aliphatic carbocycles. The van der Waals surface area contributed by atoms with Crippen molar-refractivity contribution in [2.45, 2.75) is 80.1 Å². The molecule has 6 nitrogen and oxygen atoms in total. The summed E-state index contributed by atoms with van der Waals surface area (Å²) in [6.07, 6.45) is 6.04. The van der Waals surface area contributed by atoms with Crippen LogP contribution in [0.2, 0.25) is 0 Å². The van der Waals surface area contributed by atoms with Gasteiger partial charge in [-0.3, -0.25) is 9.13 Å². The summed E-state index contributed by atoms with van der Waals surface area (Å²) in [5.41, 5.74) is 2.06. The molecule has 0 aromatic heterocycles. The van der Waals surface area contributed by atoms with Crippen LogP contribution in [0.1, 0.15) is 80.1 Å². The number of rotatable bonds is 18. The Hall–Kier alpha value is 0.0400. The van der Waals surface area contributed by atoms with E-state index < -0.39 is 15.2 Å². The Morgan fingerprint density at radius 2 is 0.857 bits per heavy atom. The minimum atomic E-state index is -3.23. The molecule has 0 N–H and O–H groups in total. The van der Waals surface area contributed by atoms with Gasteiger partial charge in [-0.15, -0.1) is 0 Å². The van der Waals surface area contributed by atoms with Crippen molar-refractivity contribution in [3.63, 3.8) is 0 Å². The molecule has 8 heteroatoms. The third-order valence-electron chi connectivity index (χ3n) is 4.24. The minimum absolute atomic E-state index is 0.242. The summed E-state index contributed by atoms with van der Waals surface area (Å²) in [7, 11) is -6.45. The van der Waals surface area contributed by atoms with Gasteiger partial charge in [0.05, 0.1) is 38.8 Å². The summed E-state index contributed by atoms with van der Waals surface area (Å²) in [5, 5.41) is 0. The lowest BCUT2D eigenvalue weighted by atomic mass is 10.0. The Bertz CT molecular complexity index is 467. The van der Waals surface area contributed by atoms with Crippen molar-refractivity contribution in [1.82, 2.24) is 0 Å². The maximum absolute atomic E-state index is 13.2. The molecular weight excluding hydrogens is 398 g/mol. The first-order valence-corrected chi connectivity index (χ1v) is 14.2. The molecule has 0 saturated heterocycles. The lowest BCUT2D eigenvalue weighted by Crippen LogP contribution is -2.10. The first-order chi connectivity index (χ1) is 13.3. The van der Waals surface area contributed by atoms with E-state index in [-0.39, 0.29) is 12.3 Å². The molecule has 0 aliphatic rings. The monoisotopic (exact) mass is 440 g/mol. The Morgan fingerprint density at radius 3 is 1.07 bits per heavy atom. The van der Waals surface area contributed by atoms with Gasteiger partial charge in [0.2, 0.25) is 0 Å². The second kappa shape index (κ2) is 15.8. The van der Waals surface area contributed by atoms with Crippen LogP contribution in [-0.2, 0) is 27.2 Å². The zero-order chi connectivity index (χ0) is 21.5. The van der Waals surface area contributed by atoms with Crippen LogP contribution in [-0.4, -0.2) is 38.8 Å². The van der Waals surface area contributed by atoms with Gasteiger partial charge in [-0.25, -0.2) is 0 Å². The van der Waals surface area contributed by atoms with Gasteiger partial charge in [-0.1, -0.05) is 37.8 Å². The fourth-order valence-electron chi connectivity index (χ4n) is 3.03. The van der Waals surface area contributed by atoms with Crippen LogP contribution in [0, 0.1) is 0 Å². The smallest absolute Gasteiger partial charge is 0.309 e. The topological polar surface area (TPSA) is 71.1 Å². The van der Waals surface area contributed by atoms with E-state index in [1.807, 2.05) is 27.7 Å². The Morgan fingerprint density at radius 1 is 0.571 bits per heavy atom. The molecule has 0 unspecified atom stereocenters. The van der Waals surface area contributed by atoms with Crippen molar-refractivity contribution >= 4 is 15.2 Å². The highest BCUT2D eigenvalue weighted by atomic mass is 31.2. The highest BCUT2D eigenvalue weighted by molar-refractivity contribution is 7.54. The van der Waals surface area contributed by atoms with E-state index in [1.165, 1.54) is 0 Å². The van der Waals surface area contributed by atoms with Crippen molar-refractivity contribution < 1.29 is 27.2 Å². The maximum atomic E-state index is 13.2. The first kappa shape index (κ1) is 28.0. The molecule has 0 rings (SSSR count). The molecular formula is C20H42O6P2. The number of allylic oxidation sites excluding steroid dienone is 2. The third kappa shape index (κ3) is 11.3. The van der Waals surface area contributed by atoms with Gasteiger partial charge in [0.25, 0.3) is 0 Å². The second-order valence-corrected chi connectivity index (χ2v) is 10.7. The van der Waals surface area contributed by atoms with E-state index in [9.17, 15) is 9.13 Å². The number of hydrogen-bond donors (Lipinski definition) is 0. The largest absolute Gasteiger partial charge is 0.334 e. The minimum Gasteiger partial charge on any atom is -0.309 e. The summed E-state index contributed by atoms with van der Waals surface area (Å²) < 4.78 is 48.5. The van der Waals surface area contributed by atoms with E-state index in [2.05, 4.69) is 13.8 Å². The normalized spacial score (nSPS) is 13.6. The van der Waals surface area contributed by atoms with E-state index in [1.54, 1.807) is 0 Å². The molecule has 0 spiro atoms. The van der Waals surface area contributed by atoms with Crippen molar-refractivity contribution in [2.24, 2.45) is 0 Å². The zero-order valence-electron chi connectivity index (χ0n) is 18.8. The molecule has 168 valence electrons. The molecule has 28 heavy (non-hydrogen) atoms. The van der Waals surface area contributed by atoms with E-state index in [0.717, 1.165) is 49.7 Å². The van der Waals surface area contributed by atoms with Crippen LogP contribution in [0.15, 0.2) is 11.1 Å². The van der Waals surface area contributed by atoms with Crippen molar-refractivity contribution in [3.05, 3.63) is 11.1 Å². The molecule has 0 aromatic carbocycles. The van der Waals surface area contributed by atoms with E-state index >= 15 is 0 Å². The lowest BCUT2D eigenvalue weighted by Gasteiger charge is -2.24. The molecule has 0 fully saturated rings. The van der Waals surface area contributed by atoms with Gasteiger partial charge < -0.3 is 18.1 Å². The average Bonchev–Trinajstić information content (AvgIpc) is 2.63. The molecule has 0 atom stereocenters. The predicted molar refractivity (Wildman–Crippen MR) is 118 cm³/mol. The summed E-state index contributed by atoms with van der Waals surface area (Å²) >= 11 is 0. The first-order valence-electron chi connectivity index (χ1n) is 10.8. The molecule has 0 saturated carbocycles. The summed E-state index contributed by atoms with van der Waals surface area (Å²) in [6, 6.07) is 0. The highest BCUT2D eigenvalue weighted by Gasteiger charge is 2.30. The second-order valence-electron chi connectivity index (χ2n) is 6.62. The number of hydrogen-bond acceptors (Lipinski definition) is 6. The quantitative estimate of drug-likeness (QED) is 0.166. The Balaban J connectivity index is 5.98. The molecule has 0 radical (unpaired) electrons. The maximum Gasteiger partial charge on any atom is 0.334 e. The standard InChI is InChI=1S/C20H42O6P2/c1-7-13-15-19(17-27(21,23-9-3)24-10-4)20(16-14-8-2)18-28(22,25-11-5)26-12-6/h7-18H2,1-6H3/b20-19-. The summed E-state index contributed by atoms with van der Waals surface area (Å²) in [5.74, 6) is 0. The van der Waals surface area contributed by atoms with E-state index in [4.69, 9.17) is 18.1 Å². The molecule has 0 aliphatic heterocycles. The highest BCUT2D eigenvalue weighted by Crippen LogP contribution is 2.54. The molecule has 0 aromatic rings. The fourth-order valence-corrected chi connectivity index (χ4v) is 6.81. The van der Waals surface area contributed by atoms with Gasteiger partial charge in [0, 0.05) is 0 Å². The van der Waals surface area contributed by atoms with Crippen molar-refractivity contribution in [3.8, 4) is 0 Å². The van der Waals surface area contributed by atoms with Crippen LogP contribution in [0.25, 0.3) is 0 Å². The van der Waals surface area contributed by atoms with Gasteiger partial charge >= 0.3 is 15.2 Å². The van der Waals surface area contributed by atoms with Gasteiger partial charge in [-0.05, 0) is 53.4 Å². The molecule has 0 amide bonds. The van der Waals surface area contributed by atoms with Crippen LogP contribution < -0.4 is 0 Å². The summed E-state index contributed by atoms with van der Waals surface area (Å²) in [6.45, 7) is 12.8. The average molecular weight is 440 g/mol. The fraction of sp³-hybridized carbons (Fsp3) is 0.900. The zero-order valence-corrected chi connectivity index (χ0v) is 20.6. The molecule has 0 bridgehead atoms. The SMILES string of the molecule is CCCC/C(CP(=O)(OCC)OCC)=C(\CCCC)CP(=O)(OCC)OCC. The van der Waals surface area contributed by atoms with Crippen LogP contribution in [0.3, 0.4) is 0 Å². The van der Waals surface area contributed by atoms with Gasteiger partial charge in [-0.2, -0.15) is 0 Å². The number of unbranched alkanes of at least 4 members (excludes halogenated alkanes) is 2. The van der Waals surface area contributed by atoms with Crippen LogP contribution >= 0.6 is 15.2 Å². The van der Waals surface area contributed by atoms with Crippen LogP contribution in [0.4, 0.5) is 0 Å². The third-order valence-corrected chi connectivity index (χ3v) is 8.38. The van der Waals surface area contributed by atoms with E-state index in [0.29, 0.717) is 26.4 Å². The Labute approximate surface area is 172 Å². The predicted octanol–water partition coefficient (Wildman–Crippen LogP) is 7.20. The van der Waals surface area contributed by atoms with Gasteiger partial charge in [0.15, 0.2) is 0 Å². The Kier molecular flexibility index (Phi) is 15.8. The molecule has 0 heterocycles. The van der Waals surface area contributed by atoms with Gasteiger partial charge in [0.1, 0.15) is 0 Å². The summed E-state index contributed by atoms with van der Waals surface area (Å²) in [4.78, 5) is 0.